The third-order valence-electron chi connectivity index (χ3n) is 7.04. The van der Waals surface area contributed by atoms with Gasteiger partial charge in [-0.1, -0.05) is 11.6 Å². The molecule has 0 N–H and O–H groups in total. The van der Waals surface area contributed by atoms with Crippen molar-refractivity contribution in [3.63, 3.8) is 0 Å². The Balaban J connectivity index is 1.45. The average Bonchev–Trinajstić information content (AvgIpc) is 3.30. The summed E-state index contributed by atoms with van der Waals surface area (Å²) in [7, 11) is 0. The molecule has 2 atom stereocenters. The molecule has 2 fully saturated rings. The molecule has 0 amide bonds. The van der Waals surface area contributed by atoms with E-state index in [0.717, 1.165) is 5.56 Å². The van der Waals surface area contributed by atoms with Crippen LogP contribution >= 0.6 is 11.6 Å². The number of halogens is 2. The molecule has 0 unspecified atom stereocenters. The first kappa shape index (κ1) is 24.0. The first-order chi connectivity index (χ1) is 17.8. The maximum atomic E-state index is 15.1. The van der Waals surface area contributed by atoms with Crippen molar-refractivity contribution in [2.45, 2.75) is 39.0 Å². The number of hydrogen-bond acceptors (Lipinski definition) is 7. The first-order valence-corrected chi connectivity index (χ1v) is 12.5. The fourth-order valence-electron chi connectivity index (χ4n) is 4.77. The molecule has 3 aromatic heterocycles. The summed E-state index contributed by atoms with van der Waals surface area (Å²) in [5.74, 6) is 0.0311. The van der Waals surface area contributed by atoms with Gasteiger partial charge in [0.1, 0.15) is 11.9 Å². The number of fused-ring (bicyclic) bond motifs is 1. The van der Waals surface area contributed by atoms with Crippen LogP contribution in [0.25, 0.3) is 16.8 Å². The van der Waals surface area contributed by atoms with Gasteiger partial charge in [-0.25, -0.2) is 9.37 Å². The number of ether oxygens (including phenoxy) is 2. The van der Waals surface area contributed by atoms with Crippen molar-refractivity contribution >= 4 is 23.1 Å². The van der Waals surface area contributed by atoms with E-state index in [1.807, 2.05) is 24.0 Å². The molecular weight excluding hydrogens is 499 g/mol. The number of nitrogens with zero attached hydrogens (tertiary/aromatic N) is 6. The second-order valence-corrected chi connectivity index (χ2v) is 10.1. The average molecular weight is 525 g/mol. The molecule has 2 aliphatic rings. The maximum Gasteiger partial charge on any atom is 0.277 e. The molecule has 0 spiro atoms. The topological polar surface area (TPSA) is 86.8 Å². The van der Waals surface area contributed by atoms with Crippen molar-refractivity contribution in [3.05, 3.63) is 74.7 Å². The highest BCUT2D eigenvalue weighted by molar-refractivity contribution is 6.30. The van der Waals surface area contributed by atoms with E-state index in [2.05, 4.69) is 20.1 Å². The zero-order chi connectivity index (χ0) is 25.8. The van der Waals surface area contributed by atoms with Gasteiger partial charge in [-0.15, -0.1) is 5.10 Å². The molecule has 37 heavy (non-hydrogen) atoms. The molecule has 2 saturated heterocycles. The van der Waals surface area contributed by atoms with Gasteiger partial charge < -0.3 is 14.4 Å². The predicted molar refractivity (Wildman–Crippen MR) is 137 cm³/mol. The van der Waals surface area contributed by atoms with Crippen molar-refractivity contribution in [2.24, 2.45) is 0 Å². The third-order valence-corrected chi connectivity index (χ3v) is 7.28. The van der Waals surface area contributed by atoms with Gasteiger partial charge in [0, 0.05) is 45.7 Å². The van der Waals surface area contributed by atoms with E-state index in [1.54, 1.807) is 32.0 Å². The van der Waals surface area contributed by atoms with Crippen molar-refractivity contribution < 1.29 is 13.9 Å². The molecule has 0 bridgehead atoms. The van der Waals surface area contributed by atoms with E-state index >= 15 is 4.39 Å². The number of aromatic nitrogens is 5. The Kier molecular flexibility index (Phi) is 5.97. The summed E-state index contributed by atoms with van der Waals surface area (Å²) in [6.45, 7) is 7.82. The Bertz CT molecular complexity index is 1570. The van der Waals surface area contributed by atoms with Crippen LogP contribution in [-0.2, 0) is 9.47 Å². The van der Waals surface area contributed by atoms with Crippen LogP contribution in [0.5, 0.6) is 0 Å². The maximum absolute atomic E-state index is 15.1. The van der Waals surface area contributed by atoms with Crippen LogP contribution in [0.3, 0.4) is 0 Å². The van der Waals surface area contributed by atoms with E-state index in [9.17, 15) is 4.79 Å². The van der Waals surface area contributed by atoms with Crippen LogP contribution in [0.15, 0.2) is 41.5 Å². The van der Waals surface area contributed by atoms with Gasteiger partial charge in [-0.2, -0.15) is 9.61 Å². The highest BCUT2D eigenvalue weighted by Crippen LogP contribution is 2.33. The largest absolute Gasteiger partial charge is 0.377 e. The minimum atomic E-state index is -0.500. The van der Waals surface area contributed by atoms with Gasteiger partial charge in [0.05, 0.1) is 38.1 Å². The van der Waals surface area contributed by atoms with E-state index in [0.29, 0.717) is 60.2 Å². The summed E-state index contributed by atoms with van der Waals surface area (Å²) < 4.78 is 29.8. The van der Waals surface area contributed by atoms with Crippen LogP contribution in [0.4, 0.5) is 10.2 Å². The van der Waals surface area contributed by atoms with Gasteiger partial charge in [0.2, 0.25) is 0 Å². The number of benzene rings is 1. The lowest BCUT2D eigenvalue weighted by Gasteiger charge is -2.37. The smallest absolute Gasteiger partial charge is 0.277 e. The second kappa shape index (κ2) is 9.20. The fraction of sp³-hybridized carbons (Fsp3) is 0.385. The molecule has 1 aromatic carbocycles. The summed E-state index contributed by atoms with van der Waals surface area (Å²) in [5, 5.41) is 9.46. The number of aryl methyl sites for hydroxylation is 1. The Hall–Kier alpha value is -3.34. The van der Waals surface area contributed by atoms with Crippen LogP contribution in [0.1, 0.15) is 35.9 Å². The Morgan fingerprint density at radius 2 is 1.95 bits per heavy atom. The molecule has 0 saturated carbocycles. The van der Waals surface area contributed by atoms with E-state index in [1.165, 1.54) is 10.6 Å². The normalized spacial score (nSPS) is 20.4. The van der Waals surface area contributed by atoms with Crippen molar-refractivity contribution in [1.82, 2.24) is 24.4 Å². The number of rotatable bonds is 4. The minimum absolute atomic E-state index is 0.114. The number of morpholine rings is 1. The fourth-order valence-corrected chi connectivity index (χ4v) is 4.93. The second-order valence-electron chi connectivity index (χ2n) is 9.69. The van der Waals surface area contributed by atoms with Crippen LogP contribution < -0.4 is 10.5 Å². The Labute approximate surface area is 217 Å². The van der Waals surface area contributed by atoms with Crippen molar-refractivity contribution in [3.8, 4) is 11.1 Å². The SMILES string of the molecule is Cc1nc2c(-c3ccc(Cl)cc3F)cc(N3C[C@H](C)O[C@@H](c4cnn(C5COC5)c4)C3)nn2c(=O)c1C. The Morgan fingerprint density at radius 3 is 2.68 bits per heavy atom. The molecular formula is C26H26ClFN6O3. The highest BCUT2D eigenvalue weighted by atomic mass is 35.5. The number of hydrogen-bond donors (Lipinski definition) is 0. The minimum Gasteiger partial charge on any atom is -0.377 e. The van der Waals surface area contributed by atoms with Gasteiger partial charge in [0.15, 0.2) is 11.5 Å². The quantitative estimate of drug-likeness (QED) is 0.400. The van der Waals surface area contributed by atoms with Gasteiger partial charge >= 0.3 is 0 Å². The molecule has 9 nitrogen and oxygen atoms in total. The zero-order valence-electron chi connectivity index (χ0n) is 20.7. The summed E-state index contributed by atoms with van der Waals surface area (Å²) in [6, 6.07) is 6.50. The molecule has 0 radical (unpaired) electrons. The lowest BCUT2D eigenvalue weighted by atomic mass is 10.1. The van der Waals surface area contributed by atoms with E-state index < -0.39 is 5.82 Å². The monoisotopic (exact) mass is 524 g/mol. The molecule has 0 aliphatic carbocycles. The summed E-state index contributed by atoms with van der Waals surface area (Å²) in [4.78, 5) is 19.9. The molecule has 192 valence electrons. The highest BCUT2D eigenvalue weighted by Gasteiger charge is 2.31. The lowest BCUT2D eigenvalue weighted by molar-refractivity contribution is -0.0297. The van der Waals surface area contributed by atoms with E-state index in [-0.39, 0.29) is 28.8 Å². The van der Waals surface area contributed by atoms with Gasteiger partial charge in [0.25, 0.3) is 5.56 Å². The lowest BCUT2D eigenvalue weighted by Crippen LogP contribution is -2.43. The molecule has 11 heteroatoms. The zero-order valence-corrected chi connectivity index (χ0v) is 21.4. The summed E-state index contributed by atoms with van der Waals surface area (Å²) in [6.07, 6.45) is 3.46. The standard InChI is InChI=1S/C26H26ClFN6O3/c1-14-9-32(11-23(37-14)17-8-29-33(10-17)19-12-36-13-19)24-7-21(20-5-4-18(27)6-22(20)28)25-30-16(3)15(2)26(35)34(25)31-24/h4-8,10,14,19,23H,9,11-13H2,1-3H3/t14-,23+/m0/s1. The molecule has 5 heterocycles. The van der Waals surface area contributed by atoms with Crippen molar-refractivity contribution in [2.75, 3.05) is 31.2 Å². The van der Waals surface area contributed by atoms with Crippen LogP contribution in [-0.4, -0.2) is 56.8 Å². The number of anilines is 1. The third kappa shape index (κ3) is 4.28. The van der Waals surface area contributed by atoms with Gasteiger partial charge in [-0.3, -0.25) is 9.48 Å². The predicted octanol–water partition coefficient (Wildman–Crippen LogP) is 3.90. The Morgan fingerprint density at radius 1 is 1.14 bits per heavy atom. The van der Waals surface area contributed by atoms with Gasteiger partial charge in [-0.05, 0) is 45.0 Å². The summed E-state index contributed by atoms with van der Waals surface area (Å²) in [5.41, 5.74) is 2.78. The van der Waals surface area contributed by atoms with Crippen LogP contribution in [0, 0.1) is 19.7 Å². The van der Waals surface area contributed by atoms with Crippen molar-refractivity contribution in [1.29, 1.82) is 0 Å². The summed E-state index contributed by atoms with van der Waals surface area (Å²) >= 11 is 6.01. The van der Waals surface area contributed by atoms with E-state index in [4.69, 9.17) is 21.1 Å². The van der Waals surface area contributed by atoms with Crippen LogP contribution in [0.2, 0.25) is 5.02 Å². The molecule has 6 rings (SSSR count). The molecule has 2 aliphatic heterocycles. The first-order valence-electron chi connectivity index (χ1n) is 12.2. The molecule has 4 aromatic rings.